The van der Waals surface area contributed by atoms with E-state index in [1.165, 1.54) is 12.3 Å². The Bertz CT molecular complexity index is 1070. The maximum absolute atomic E-state index is 12.6. The van der Waals surface area contributed by atoms with Gasteiger partial charge in [-0.05, 0) is 30.3 Å². The average molecular weight is 438 g/mol. The Morgan fingerprint density at radius 3 is 2.53 bits per heavy atom. The van der Waals surface area contributed by atoms with Gasteiger partial charge in [0.05, 0.1) is 12.0 Å². The molecular formula is C21H22N6O5. The highest BCUT2D eigenvalue weighted by atomic mass is 16.6. The van der Waals surface area contributed by atoms with E-state index < -0.39 is 4.92 Å². The highest BCUT2D eigenvalue weighted by Gasteiger charge is 2.23. The van der Waals surface area contributed by atoms with Crippen molar-refractivity contribution >= 4 is 17.4 Å². The summed E-state index contributed by atoms with van der Waals surface area (Å²) in [7, 11) is 1.60. The standard InChI is InChI=1S/C21H22N6O5/c1-31-17-5-2-15(3-6-17)21-23-19(32-24-21)8-9-20(28)26-12-10-25(11-13-26)18-7-4-16(14-22-18)27(29)30/h2-7,14H,8-13H2,1H3. The summed E-state index contributed by atoms with van der Waals surface area (Å²) in [6.07, 6.45) is 1.89. The summed E-state index contributed by atoms with van der Waals surface area (Å²) < 4.78 is 10.4. The molecule has 0 atom stereocenters. The molecule has 1 aliphatic rings. The quantitative estimate of drug-likeness (QED) is 0.403. The monoisotopic (exact) mass is 438 g/mol. The zero-order valence-corrected chi connectivity index (χ0v) is 17.5. The van der Waals surface area contributed by atoms with Crippen molar-refractivity contribution in [3.8, 4) is 17.1 Å². The number of carbonyl (C=O) groups excluding carboxylic acids is 1. The van der Waals surface area contributed by atoms with Crippen LogP contribution in [0.2, 0.25) is 0 Å². The average Bonchev–Trinajstić information content (AvgIpc) is 3.32. The van der Waals surface area contributed by atoms with Crippen LogP contribution in [0.1, 0.15) is 12.3 Å². The number of nitrogens with zero attached hydrogens (tertiary/aromatic N) is 6. The third kappa shape index (κ3) is 4.82. The molecule has 3 aromatic rings. The van der Waals surface area contributed by atoms with Gasteiger partial charge in [0, 0.05) is 50.7 Å². The van der Waals surface area contributed by atoms with Crippen LogP contribution >= 0.6 is 0 Å². The van der Waals surface area contributed by atoms with Gasteiger partial charge in [-0.2, -0.15) is 4.98 Å². The predicted octanol–water partition coefficient (Wildman–Crippen LogP) is 2.33. The van der Waals surface area contributed by atoms with E-state index in [0.29, 0.717) is 50.1 Å². The summed E-state index contributed by atoms with van der Waals surface area (Å²) in [5, 5.41) is 14.7. The van der Waals surface area contributed by atoms with E-state index in [1.807, 2.05) is 29.2 Å². The van der Waals surface area contributed by atoms with Gasteiger partial charge in [0.25, 0.3) is 5.69 Å². The number of amides is 1. The maximum Gasteiger partial charge on any atom is 0.287 e. The lowest BCUT2D eigenvalue weighted by atomic mass is 10.2. The summed E-state index contributed by atoms with van der Waals surface area (Å²) in [5.74, 6) is 2.31. The second-order valence-electron chi connectivity index (χ2n) is 7.24. The largest absolute Gasteiger partial charge is 0.497 e. The van der Waals surface area contributed by atoms with E-state index in [-0.39, 0.29) is 18.0 Å². The smallest absolute Gasteiger partial charge is 0.287 e. The summed E-state index contributed by atoms with van der Waals surface area (Å²) in [6.45, 7) is 2.33. The van der Waals surface area contributed by atoms with Crippen LogP contribution in [-0.2, 0) is 11.2 Å². The van der Waals surface area contributed by atoms with E-state index >= 15 is 0 Å². The predicted molar refractivity (Wildman–Crippen MR) is 114 cm³/mol. The third-order valence-corrected chi connectivity index (χ3v) is 5.27. The fourth-order valence-electron chi connectivity index (χ4n) is 3.44. The highest BCUT2D eigenvalue weighted by Crippen LogP contribution is 2.21. The number of rotatable bonds is 7. The van der Waals surface area contributed by atoms with E-state index in [0.717, 1.165) is 11.3 Å². The molecule has 0 saturated carbocycles. The van der Waals surface area contributed by atoms with Gasteiger partial charge in [0.1, 0.15) is 17.8 Å². The maximum atomic E-state index is 12.6. The van der Waals surface area contributed by atoms with Gasteiger partial charge in [0.15, 0.2) is 0 Å². The minimum Gasteiger partial charge on any atom is -0.497 e. The molecule has 1 aromatic carbocycles. The summed E-state index contributed by atoms with van der Waals surface area (Å²) in [5.41, 5.74) is 0.766. The van der Waals surface area contributed by atoms with Crippen LogP contribution in [0, 0.1) is 10.1 Å². The number of pyridine rings is 1. The molecule has 3 heterocycles. The van der Waals surface area contributed by atoms with Gasteiger partial charge in [-0.1, -0.05) is 5.16 Å². The van der Waals surface area contributed by atoms with Gasteiger partial charge in [0.2, 0.25) is 17.6 Å². The summed E-state index contributed by atoms with van der Waals surface area (Å²) in [4.78, 5) is 35.2. The van der Waals surface area contributed by atoms with Gasteiger partial charge in [-0.3, -0.25) is 14.9 Å². The fraction of sp³-hybridized carbons (Fsp3) is 0.333. The number of anilines is 1. The van der Waals surface area contributed by atoms with Crippen LogP contribution in [0.5, 0.6) is 5.75 Å². The minimum absolute atomic E-state index is 0.0190. The second-order valence-corrected chi connectivity index (χ2v) is 7.24. The Morgan fingerprint density at radius 2 is 1.91 bits per heavy atom. The Morgan fingerprint density at radius 1 is 1.16 bits per heavy atom. The third-order valence-electron chi connectivity index (χ3n) is 5.27. The molecule has 0 radical (unpaired) electrons. The van der Waals surface area contributed by atoms with Crippen LogP contribution < -0.4 is 9.64 Å². The summed E-state index contributed by atoms with van der Waals surface area (Å²) in [6, 6.07) is 10.4. The molecule has 11 heteroatoms. The Hall–Kier alpha value is -4.02. The molecular weight excluding hydrogens is 416 g/mol. The SMILES string of the molecule is COc1ccc(-c2noc(CCC(=O)N3CCN(c4ccc([N+](=O)[O-])cn4)CC3)n2)cc1. The second kappa shape index (κ2) is 9.41. The van der Waals surface area contributed by atoms with Gasteiger partial charge in [-0.15, -0.1) is 0 Å². The molecule has 0 bridgehead atoms. The van der Waals surface area contributed by atoms with E-state index in [2.05, 4.69) is 15.1 Å². The number of carbonyl (C=O) groups is 1. The molecule has 0 aliphatic carbocycles. The van der Waals surface area contributed by atoms with Crippen molar-refractivity contribution in [3.05, 3.63) is 58.6 Å². The van der Waals surface area contributed by atoms with Crippen molar-refractivity contribution in [2.75, 3.05) is 38.2 Å². The molecule has 11 nitrogen and oxygen atoms in total. The van der Waals surface area contributed by atoms with Crippen molar-refractivity contribution in [3.63, 3.8) is 0 Å². The minimum atomic E-state index is -0.475. The van der Waals surface area contributed by atoms with Crippen molar-refractivity contribution in [1.82, 2.24) is 20.0 Å². The van der Waals surface area contributed by atoms with Gasteiger partial charge < -0.3 is 19.1 Å². The molecule has 1 aliphatic heterocycles. The van der Waals surface area contributed by atoms with Crippen LogP contribution in [-0.4, -0.2) is 64.1 Å². The number of hydrogen-bond donors (Lipinski definition) is 0. The van der Waals surface area contributed by atoms with E-state index in [4.69, 9.17) is 9.26 Å². The molecule has 1 fully saturated rings. The molecule has 0 spiro atoms. The number of piperazine rings is 1. The number of hydrogen-bond acceptors (Lipinski definition) is 9. The molecule has 0 unspecified atom stereocenters. The van der Waals surface area contributed by atoms with Crippen LogP contribution in [0.15, 0.2) is 47.1 Å². The van der Waals surface area contributed by atoms with Crippen molar-refractivity contribution in [2.24, 2.45) is 0 Å². The first-order chi connectivity index (χ1) is 15.5. The summed E-state index contributed by atoms with van der Waals surface area (Å²) >= 11 is 0. The van der Waals surface area contributed by atoms with Crippen molar-refractivity contribution < 1.29 is 19.0 Å². The zero-order valence-electron chi connectivity index (χ0n) is 17.5. The lowest BCUT2D eigenvalue weighted by Gasteiger charge is -2.35. The number of benzene rings is 1. The fourth-order valence-corrected chi connectivity index (χ4v) is 3.44. The Labute approximate surface area is 183 Å². The first-order valence-corrected chi connectivity index (χ1v) is 10.1. The Balaban J connectivity index is 1.26. The molecule has 2 aromatic heterocycles. The molecule has 4 rings (SSSR count). The topological polar surface area (TPSA) is 128 Å². The van der Waals surface area contributed by atoms with Crippen LogP contribution in [0.3, 0.4) is 0 Å². The molecule has 1 amide bonds. The zero-order chi connectivity index (χ0) is 22.5. The van der Waals surface area contributed by atoms with Crippen LogP contribution in [0.4, 0.5) is 11.5 Å². The van der Waals surface area contributed by atoms with Crippen LogP contribution in [0.25, 0.3) is 11.4 Å². The van der Waals surface area contributed by atoms with E-state index in [9.17, 15) is 14.9 Å². The first kappa shape index (κ1) is 21.2. The number of ether oxygens (including phenoxy) is 1. The highest BCUT2D eigenvalue weighted by molar-refractivity contribution is 5.76. The number of aryl methyl sites for hydroxylation is 1. The first-order valence-electron chi connectivity index (χ1n) is 10.1. The normalized spacial score (nSPS) is 13.8. The molecule has 32 heavy (non-hydrogen) atoms. The lowest BCUT2D eigenvalue weighted by Crippen LogP contribution is -2.49. The van der Waals surface area contributed by atoms with Gasteiger partial charge in [-0.25, -0.2) is 4.98 Å². The Kier molecular flexibility index (Phi) is 6.24. The van der Waals surface area contributed by atoms with Crippen molar-refractivity contribution in [1.29, 1.82) is 0 Å². The van der Waals surface area contributed by atoms with Gasteiger partial charge >= 0.3 is 0 Å². The van der Waals surface area contributed by atoms with E-state index in [1.54, 1.807) is 18.1 Å². The molecule has 0 N–H and O–H groups in total. The number of nitro groups is 1. The molecule has 166 valence electrons. The molecule has 1 saturated heterocycles. The number of aromatic nitrogens is 3. The number of methoxy groups -OCH3 is 1. The van der Waals surface area contributed by atoms with Crippen molar-refractivity contribution in [2.45, 2.75) is 12.8 Å². The lowest BCUT2D eigenvalue weighted by molar-refractivity contribution is -0.385.